The van der Waals surface area contributed by atoms with E-state index in [4.69, 9.17) is 4.74 Å². The number of rotatable bonds is 9. The fourth-order valence-electron chi connectivity index (χ4n) is 3.65. The van der Waals surface area contributed by atoms with Crippen LogP contribution in [0.5, 0.6) is 0 Å². The van der Waals surface area contributed by atoms with Gasteiger partial charge in [0.05, 0.1) is 6.61 Å². The molecular formula is C17H36N2O. The van der Waals surface area contributed by atoms with Crippen molar-refractivity contribution in [1.82, 2.24) is 10.2 Å². The van der Waals surface area contributed by atoms with Gasteiger partial charge in [0.15, 0.2) is 0 Å². The third-order valence-corrected chi connectivity index (χ3v) is 4.52. The lowest BCUT2D eigenvalue weighted by Crippen LogP contribution is -2.46. The zero-order valence-electron chi connectivity index (χ0n) is 14.4. The molecule has 0 aliphatic heterocycles. The van der Waals surface area contributed by atoms with Gasteiger partial charge in [-0.25, -0.2) is 0 Å². The Bertz CT molecular complexity index is 257. The van der Waals surface area contributed by atoms with Crippen LogP contribution in [0.15, 0.2) is 0 Å². The number of ether oxygens (including phenoxy) is 1. The first-order valence-electron chi connectivity index (χ1n) is 8.35. The Morgan fingerprint density at radius 2 is 2.15 bits per heavy atom. The Labute approximate surface area is 126 Å². The van der Waals surface area contributed by atoms with Gasteiger partial charge in [0, 0.05) is 26.7 Å². The molecule has 20 heavy (non-hydrogen) atoms. The van der Waals surface area contributed by atoms with E-state index < -0.39 is 0 Å². The van der Waals surface area contributed by atoms with Crippen molar-refractivity contribution in [2.45, 2.75) is 46.5 Å². The maximum absolute atomic E-state index is 5.21. The molecule has 1 aliphatic rings. The predicted molar refractivity (Wildman–Crippen MR) is 87.1 cm³/mol. The molecule has 0 aromatic heterocycles. The SMILES string of the molecule is COCCN(C)CC1(CNCC(C)C)CCCC(C)C1. The highest BCUT2D eigenvalue weighted by Gasteiger charge is 2.35. The summed E-state index contributed by atoms with van der Waals surface area (Å²) < 4.78 is 5.21. The fraction of sp³-hybridized carbons (Fsp3) is 1.00. The van der Waals surface area contributed by atoms with Gasteiger partial charge in [-0.2, -0.15) is 0 Å². The third-order valence-electron chi connectivity index (χ3n) is 4.52. The van der Waals surface area contributed by atoms with Gasteiger partial charge in [0.25, 0.3) is 0 Å². The lowest BCUT2D eigenvalue weighted by molar-refractivity contribution is 0.0759. The number of methoxy groups -OCH3 is 1. The summed E-state index contributed by atoms with van der Waals surface area (Å²) in [6.07, 6.45) is 5.55. The Morgan fingerprint density at radius 1 is 1.40 bits per heavy atom. The lowest BCUT2D eigenvalue weighted by Gasteiger charge is -2.43. The second-order valence-corrected chi connectivity index (χ2v) is 7.46. The Kier molecular flexibility index (Phi) is 8.08. The van der Waals surface area contributed by atoms with Crippen molar-refractivity contribution in [3.63, 3.8) is 0 Å². The standard InChI is InChI=1S/C17H36N2O/c1-15(2)12-18-13-17(8-6-7-16(3)11-17)14-19(4)9-10-20-5/h15-16,18H,6-14H2,1-5H3. The van der Waals surface area contributed by atoms with Crippen molar-refractivity contribution in [3.05, 3.63) is 0 Å². The quantitative estimate of drug-likeness (QED) is 0.704. The van der Waals surface area contributed by atoms with E-state index in [-0.39, 0.29) is 0 Å². The van der Waals surface area contributed by atoms with E-state index in [2.05, 4.69) is 38.0 Å². The molecule has 1 saturated carbocycles. The van der Waals surface area contributed by atoms with Crippen LogP contribution in [0.2, 0.25) is 0 Å². The summed E-state index contributed by atoms with van der Waals surface area (Å²) in [6, 6.07) is 0. The summed E-state index contributed by atoms with van der Waals surface area (Å²) in [4.78, 5) is 2.46. The first-order chi connectivity index (χ1) is 9.47. The van der Waals surface area contributed by atoms with Crippen LogP contribution in [0.1, 0.15) is 46.5 Å². The molecule has 0 bridgehead atoms. The molecule has 1 fully saturated rings. The first kappa shape index (κ1) is 17.9. The largest absolute Gasteiger partial charge is 0.383 e. The fourth-order valence-corrected chi connectivity index (χ4v) is 3.65. The monoisotopic (exact) mass is 284 g/mol. The van der Waals surface area contributed by atoms with Crippen LogP contribution < -0.4 is 5.32 Å². The molecule has 0 radical (unpaired) electrons. The minimum atomic E-state index is 0.467. The van der Waals surface area contributed by atoms with Crippen LogP contribution in [0.25, 0.3) is 0 Å². The molecule has 1 N–H and O–H groups in total. The second-order valence-electron chi connectivity index (χ2n) is 7.46. The van der Waals surface area contributed by atoms with Gasteiger partial charge in [0.2, 0.25) is 0 Å². The van der Waals surface area contributed by atoms with E-state index in [9.17, 15) is 0 Å². The van der Waals surface area contributed by atoms with Gasteiger partial charge in [0.1, 0.15) is 0 Å². The normalized spacial score (nSPS) is 27.4. The molecule has 0 amide bonds. The first-order valence-corrected chi connectivity index (χ1v) is 8.35. The van der Waals surface area contributed by atoms with Crippen molar-refractivity contribution in [2.75, 3.05) is 46.9 Å². The maximum Gasteiger partial charge on any atom is 0.0589 e. The highest BCUT2D eigenvalue weighted by atomic mass is 16.5. The molecule has 3 heteroatoms. The topological polar surface area (TPSA) is 24.5 Å². The summed E-state index contributed by atoms with van der Waals surface area (Å²) in [5, 5.41) is 3.72. The smallest absolute Gasteiger partial charge is 0.0589 e. The third kappa shape index (κ3) is 6.55. The van der Waals surface area contributed by atoms with Gasteiger partial charge >= 0.3 is 0 Å². The highest BCUT2D eigenvalue weighted by Crippen LogP contribution is 2.39. The molecule has 0 saturated heterocycles. The van der Waals surface area contributed by atoms with E-state index in [0.717, 1.165) is 31.5 Å². The average molecular weight is 284 g/mol. The molecule has 2 unspecified atom stereocenters. The summed E-state index contributed by atoms with van der Waals surface area (Å²) in [6.45, 7) is 12.4. The van der Waals surface area contributed by atoms with Crippen molar-refractivity contribution >= 4 is 0 Å². The minimum Gasteiger partial charge on any atom is -0.383 e. The lowest BCUT2D eigenvalue weighted by atomic mass is 9.69. The minimum absolute atomic E-state index is 0.467. The number of likely N-dealkylation sites (N-methyl/N-ethyl adjacent to an activating group) is 1. The maximum atomic E-state index is 5.21. The van der Waals surface area contributed by atoms with Crippen LogP contribution >= 0.6 is 0 Å². The summed E-state index contributed by atoms with van der Waals surface area (Å²) in [7, 11) is 4.03. The molecular weight excluding hydrogens is 248 g/mol. The Balaban J connectivity index is 2.53. The van der Waals surface area contributed by atoms with Crippen molar-refractivity contribution in [3.8, 4) is 0 Å². The van der Waals surface area contributed by atoms with Crippen LogP contribution in [0.4, 0.5) is 0 Å². The summed E-state index contributed by atoms with van der Waals surface area (Å²) in [5.74, 6) is 1.61. The van der Waals surface area contributed by atoms with Gasteiger partial charge in [-0.05, 0) is 43.7 Å². The number of nitrogens with zero attached hydrogens (tertiary/aromatic N) is 1. The molecule has 0 spiro atoms. The van der Waals surface area contributed by atoms with Crippen LogP contribution in [0, 0.1) is 17.3 Å². The zero-order valence-corrected chi connectivity index (χ0v) is 14.4. The van der Waals surface area contributed by atoms with Crippen molar-refractivity contribution in [1.29, 1.82) is 0 Å². The van der Waals surface area contributed by atoms with Gasteiger partial charge in [-0.1, -0.05) is 33.6 Å². The van der Waals surface area contributed by atoms with E-state index in [1.807, 2.05) is 0 Å². The summed E-state index contributed by atoms with van der Waals surface area (Å²) >= 11 is 0. The van der Waals surface area contributed by atoms with E-state index in [0.29, 0.717) is 5.41 Å². The van der Waals surface area contributed by atoms with Crippen molar-refractivity contribution in [2.24, 2.45) is 17.3 Å². The molecule has 1 aliphatic carbocycles. The van der Waals surface area contributed by atoms with E-state index in [1.165, 1.54) is 38.8 Å². The second kappa shape index (κ2) is 9.01. The Morgan fingerprint density at radius 3 is 2.75 bits per heavy atom. The molecule has 0 heterocycles. The highest BCUT2D eigenvalue weighted by molar-refractivity contribution is 4.89. The van der Waals surface area contributed by atoms with Gasteiger partial charge < -0.3 is 15.0 Å². The van der Waals surface area contributed by atoms with Crippen LogP contribution in [-0.2, 0) is 4.74 Å². The van der Waals surface area contributed by atoms with Gasteiger partial charge in [-0.15, -0.1) is 0 Å². The summed E-state index contributed by atoms with van der Waals surface area (Å²) in [5.41, 5.74) is 0.467. The van der Waals surface area contributed by atoms with Crippen LogP contribution in [0.3, 0.4) is 0 Å². The number of hydrogen-bond donors (Lipinski definition) is 1. The van der Waals surface area contributed by atoms with Crippen molar-refractivity contribution < 1.29 is 4.74 Å². The molecule has 3 nitrogen and oxygen atoms in total. The predicted octanol–water partition coefficient (Wildman–Crippen LogP) is 3.01. The van der Waals surface area contributed by atoms with E-state index >= 15 is 0 Å². The molecule has 0 aromatic carbocycles. The number of hydrogen-bond acceptors (Lipinski definition) is 3. The number of nitrogens with one attached hydrogen (secondary N) is 1. The molecule has 0 aromatic rings. The Hall–Kier alpha value is -0.120. The molecule has 120 valence electrons. The van der Waals surface area contributed by atoms with E-state index in [1.54, 1.807) is 7.11 Å². The van der Waals surface area contributed by atoms with Gasteiger partial charge in [-0.3, -0.25) is 0 Å². The molecule has 2 atom stereocenters. The zero-order chi connectivity index (χ0) is 15.0. The van der Waals surface area contributed by atoms with Crippen LogP contribution in [-0.4, -0.2) is 51.8 Å². The molecule has 1 rings (SSSR count). The average Bonchev–Trinajstić information content (AvgIpc) is 2.35.